The predicted molar refractivity (Wildman–Crippen MR) is 107 cm³/mol. The molecule has 2 aromatic rings. The van der Waals surface area contributed by atoms with Gasteiger partial charge in [0.1, 0.15) is 11.7 Å². The van der Waals surface area contributed by atoms with E-state index < -0.39 is 17.6 Å². The highest BCUT2D eigenvalue weighted by atomic mass is 35.5. The molecular weight excluding hydrogens is 397 g/mol. The van der Waals surface area contributed by atoms with E-state index in [1.54, 1.807) is 23.1 Å². The van der Waals surface area contributed by atoms with Crippen LogP contribution in [0.25, 0.3) is 0 Å². The molecule has 1 fully saturated rings. The zero-order valence-electron chi connectivity index (χ0n) is 15.5. The minimum Gasteiger partial charge on any atom is -0.351 e. The van der Waals surface area contributed by atoms with Gasteiger partial charge in [-0.25, -0.2) is 4.39 Å². The maximum atomic E-state index is 14.0. The molecule has 29 heavy (non-hydrogen) atoms. The number of carbonyl (C=O) groups is 3. The Morgan fingerprint density at radius 3 is 2.90 bits per heavy atom. The first-order chi connectivity index (χ1) is 13.9. The van der Waals surface area contributed by atoms with Crippen LogP contribution in [0, 0.1) is 11.7 Å². The van der Waals surface area contributed by atoms with Crippen LogP contribution in [0.2, 0.25) is 5.02 Å². The average Bonchev–Trinajstić information content (AvgIpc) is 3.10. The molecular formula is C21H19ClFN3O3. The van der Waals surface area contributed by atoms with Crippen molar-refractivity contribution in [2.75, 3.05) is 16.8 Å². The summed E-state index contributed by atoms with van der Waals surface area (Å²) in [5, 5.41) is 5.43. The third-order valence-electron chi connectivity index (χ3n) is 5.30. The van der Waals surface area contributed by atoms with Gasteiger partial charge < -0.3 is 15.5 Å². The van der Waals surface area contributed by atoms with Gasteiger partial charge in [0.2, 0.25) is 17.7 Å². The standard InChI is InChI=1S/C21H19ClFN3O3/c22-16-3-1-2-13(19(16)23)11-24-20(28)15-8-9-26(21(15)29)14-5-6-17-12(10-14)4-7-18(27)25-17/h1-3,5-6,10,15H,4,7-9,11H2,(H,24,28)(H,25,27). The van der Waals surface area contributed by atoms with Gasteiger partial charge in [-0.05, 0) is 42.7 Å². The summed E-state index contributed by atoms with van der Waals surface area (Å²) in [6, 6.07) is 10.0. The Morgan fingerprint density at radius 1 is 1.24 bits per heavy atom. The summed E-state index contributed by atoms with van der Waals surface area (Å²) in [4.78, 5) is 38.4. The van der Waals surface area contributed by atoms with Gasteiger partial charge >= 0.3 is 0 Å². The molecule has 4 rings (SSSR count). The van der Waals surface area contributed by atoms with E-state index >= 15 is 0 Å². The van der Waals surface area contributed by atoms with E-state index in [-0.39, 0.29) is 28.9 Å². The molecule has 2 aliphatic heterocycles. The van der Waals surface area contributed by atoms with E-state index in [1.165, 1.54) is 12.1 Å². The number of anilines is 2. The molecule has 1 unspecified atom stereocenters. The average molecular weight is 416 g/mol. The highest BCUT2D eigenvalue weighted by Gasteiger charge is 2.37. The van der Waals surface area contributed by atoms with Gasteiger partial charge in [-0.2, -0.15) is 0 Å². The summed E-state index contributed by atoms with van der Waals surface area (Å²) in [5.41, 5.74) is 2.71. The highest BCUT2D eigenvalue weighted by molar-refractivity contribution is 6.30. The summed E-state index contributed by atoms with van der Waals surface area (Å²) in [6.07, 6.45) is 1.41. The molecule has 6 nitrogen and oxygen atoms in total. The molecule has 2 aliphatic rings. The van der Waals surface area contributed by atoms with Gasteiger partial charge in [-0.15, -0.1) is 0 Å². The smallest absolute Gasteiger partial charge is 0.239 e. The first-order valence-corrected chi connectivity index (χ1v) is 9.76. The highest BCUT2D eigenvalue weighted by Crippen LogP contribution is 2.31. The maximum absolute atomic E-state index is 14.0. The van der Waals surface area contributed by atoms with Crippen LogP contribution in [0.1, 0.15) is 24.0 Å². The molecule has 0 bridgehead atoms. The van der Waals surface area contributed by atoms with Crippen molar-refractivity contribution in [1.29, 1.82) is 0 Å². The molecule has 0 spiro atoms. The second-order valence-electron chi connectivity index (χ2n) is 7.15. The second kappa shape index (κ2) is 7.83. The lowest BCUT2D eigenvalue weighted by atomic mass is 10.0. The number of rotatable bonds is 4. The molecule has 0 aromatic heterocycles. The first kappa shape index (κ1) is 19.4. The fourth-order valence-corrected chi connectivity index (χ4v) is 3.90. The molecule has 2 heterocycles. The quantitative estimate of drug-likeness (QED) is 0.753. The van der Waals surface area contributed by atoms with Gasteiger partial charge in [0.05, 0.1) is 5.02 Å². The molecule has 0 aliphatic carbocycles. The zero-order valence-corrected chi connectivity index (χ0v) is 16.3. The zero-order chi connectivity index (χ0) is 20.5. The molecule has 0 saturated carbocycles. The molecule has 2 aromatic carbocycles. The third kappa shape index (κ3) is 3.82. The van der Waals surface area contributed by atoms with Crippen LogP contribution in [-0.2, 0) is 27.3 Å². The normalized spacial score (nSPS) is 18.4. The van der Waals surface area contributed by atoms with Crippen LogP contribution in [-0.4, -0.2) is 24.3 Å². The topological polar surface area (TPSA) is 78.5 Å². The van der Waals surface area contributed by atoms with Gasteiger partial charge in [0.15, 0.2) is 0 Å². The Kier molecular flexibility index (Phi) is 5.24. The van der Waals surface area contributed by atoms with Crippen molar-refractivity contribution in [2.45, 2.75) is 25.8 Å². The van der Waals surface area contributed by atoms with Gasteiger partial charge in [-0.1, -0.05) is 23.7 Å². The SMILES string of the molecule is O=C1CCc2cc(N3CCC(C(=O)NCc4cccc(Cl)c4F)C3=O)ccc2N1. The number of aryl methyl sites for hydroxylation is 1. The number of hydrogen-bond donors (Lipinski definition) is 2. The summed E-state index contributed by atoms with van der Waals surface area (Å²) in [6.45, 7) is 0.390. The van der Waals surface area contributed by atoms with E-state index in [4.69, 9.17) is 11.6 Å². The molecule has 8 heteroatoms. The predicted octanol–water partition coefficient (Wildman–Crippen LogP) is 3.03. The lowest BCUT2D eigenvalue weighted by Gasteiger charge is -2.22. The van der Waals surface area contributed by atoms with E-state index in [2.05, 4.69) is 10.6 Å². The number of carbonyl (C=O) groups excluding carboxylic acids is 3. The Labute approximate surface area is 172 Å². The van der Waals surface area contributed by atoms with Crippen LogP contribution in [0.4, 0.5) is 15.8 Å². The largest absolute Gasteiger partial charge is 0.351 e. The minimum atomic E-state index is -0.812. The monoisotopic (exact) mass is 415 g/mol. The summed E-state index contributed by atoms with van der Waals surface area (Å²) in [5.74, 6) is -2.12. The molecule has 150 valence electrons. The maximum Gasteiger partial charge on any atom is 0.239 e. The fourth-order valence-electron chi connectivity index (χ4n) is 3.71. The van der Waals surface area contributed by atoms with Crippen LogP contribution >= 0.6 is 11.6 Å². The Morgan fingerprint density at radius 2 is 2.07 bits per heavy atom. The first-order valence-electron chi connectivity index (χ1n) is 9.39. The van der Waals surface area contributed by atoms with Gasteiger partial charge in [0.25, 0.3) is 0 Å². The number of amides is 3. The lowest BCUT2D eigenvalue weighted by molar-refractivity contribution is -0.132. The Bertz CT molecular complexity index is 1010. The Hall–Kier alpha value is -2.93. The number of fused-ring (bicyclic) bond motifs is 1. The molecule has 1 atom stereocenters. The van der Waals surface area contributed by atoms with Crippen molar-refractivity contribution in [2.24, 2.45) is 5.92 Å². The van der Waals surface area contributed by atoms with Crippen molar-refractivity contribution in [1.82, 2.24) is 5.32 Å². The Balaban J connectivity index is 1.43. The van der Waals surface area contributed by atoms with Crippen molar-refractivity contribution >= 4 is 40.7 Å². The van der Waals surface area contributed by atoms with E-state index in [9.17, 15) is 18.8 Å². The number of halogens is 2. The van der Waals surface area contributed by atoms with Gasteiger partial charge in [0, 0.05) is 36.4 Å². The van der Waals surface area contributed by atoms with E-state index in [1.807, 2.05) is 6.07 Å². The van der Waals surface area contributed by atoms with E-state index in [0.29, 0.717) is 31.5 Å². The number of hydrogen-bond acceptors (Lipinski definition) is 3. The third-order valence-corrected chi connectivity index (χ3v) is 5.59. The van der Waals surface area contributed by atoms with Crippen molar-refractivity contribution < 1.29 is 18.8 Å². The minimum absolute atomic E-state index is 0.0107. The molecule has 1 saturated heterocycles. The van der Waals surface area contributed by atoms with Crippen LogP contribution in [0.3, 0.4) is 0 Å². The second-order valence-corrected chi connectivity index (χ2v) is 7.56. The van der Waals surface area contributed by atoms with Crippen LogP contribution in [0.15, 0.2) is 36.4 Å². The van der Waals surface area contributed by atoms with Gasteiger partial charge in [-0.3, -0.25) is 14.4 Å². The van der Waals surface area contributed by atoms with Crippen molar-refractivity contribution in [3.8, 4) is 0 Å². The number of nitrogens with one attached hydrogen (secondary N) is 2. The number of nitrogens with zero attached hydrogens (tertiary/aromatic N) is 1. The van der Waals surface area contributed by atoms with E-state index in [0.717, 1.165) is 11.3 Å². The van der Waals surface area contributed by atoms with Crippen molar-refractivity contribution in [3.63, 3.8) is 0 Å². The summed E-state index contributed by atoms with van der Waals surface area (Å²) >= 11 is 5.75. The van der Waals surface area contributed by atoms with Crippen LogP contribution < -0.4 is 15.5 Å². The fraction of sp³-hybridized carbons (Fsp3) is 0.286. The molecule has 0 radical (unpaired) electrons. The van der Waals surface area contributed by atoms with Crippen molar-refractivity contribution in [3.05, 3.63) is 58.4 Å². The number of benzene rings is 2. The molecule has 2 N–H and O–H groups in total. The lowest BCUT2D eigenvalue weighted by Crippen LogP contribution is -2.36. The summed E-state index contributed by atoms with van der Waals surface area (Å²) in [7, 11) is 0. The molecule has 3 amide bonds. The summed E-state index contributed by atoms with van der Waals surface area (Å²) < 4.78 is 14.0. The van der Waals surface area contributed by atoms with Crippen LogP contribution in [0.5, 0.6) is 0 Å².